The van der Waals surface area contributed by atoms with Crippen LogP contribution in [0.4, 0.5) is 28.4 Å². The van der Waals surface area contributed by atoms with Crippen LogP contribution in [0, 0.1) is 6.57 Å². The molecule has 0 atom stereocenters. The molecular formula is C57H49N5O. The van der Waals surface area contributed by atoms with Gasteiger partial charge in [0.1, 0.15) is 24.0 Å². The predicted molar refractivity (Wildman–Crippen MR) is 262 cm³/mol. The summed E-state index contributed by atoms with van der Waals surface area (Å²) in [5.74, 6) is 2.00. The molecule has 0 saturated carbocycles. The Hall–Kier alpha value is -7.62. The molecule has 1 aliphatic rings. The minimum atomic E-state index is -0.472. The molecule has 0 fully saturated rings. The fraction of sp³-hybridized carbons (Fsp3) is 0.158. The molecular weight excluding hydrogens is 771 g/mol. The first-order chi connectivity index (χ1) is 31.3. The van der Waals surface area contributed by atoms with Crippen LogP contribution in [0.15, 0.2) is 176 Å². The summed E-state index contributed by atoms with van der Waals surface area (Å²) in [6.07, 6.45) is 1.88. The van der Waals surface area contributed by atoms with Crippen molar-refractivity contribution in [1.82, 2.24) is 9.55 Å². The number of fused-ring (bicyclic) bond motifs is 4. The molecule has 3 heterocycles. The van der Waals surface area contributed by atoms with Crippen LogP contribution in [-0.4, -0.2) is 16.2 Å². The number of aromatic nitrogens is 2. The summed E-state index contributed by atoms with van der Waals surface area (Å²) in [5.41, 5.74) is 10.6. The molecule has 0 amide bonds. The van der Waals surface area contributed by atoms with Gasteiger partial charge < -0.3 is 14.5 Å². The summed E-state index contributed by atoms with van der Waals surface area (Å²) in [6, 6.07) is 53.6. The van der Waals surface area contributed by atoms with E-state index in [0.717, 1.165) is 72.6 Å². The van der Waals surface area contributed by atoms with Gasteiger partial charge in [0, 0.05) is 45.9 Å². The Morgan fingerprint density at radius 2 is 1.19 bits per heavy atom. The van der Waals surface area contributed by atoms with Gasteiger partial charge in [-0.15, -0.1) is 0 Å². The van der Waals surface area contributed by atoms with Crippen LogP contribution in [-0.2, 0) is 10.8 Å². The number of hydrogen-bond donors (Lipinski definition) is 0. The van der Waals surface area contributed by atoms with Gasteiger partial charge in [0.05, 0.1) is 37.4 Å². The maximum Gasteiger partial charge on any atom is 0.192 e. The highest BCUT2D eigenvalue weighted by atomic mass is 16.5. The van der Waals surface area contributed by atoms with Gasteiger partial charge in [0.25, 0.3) is 0 Å². The Balaban J connectivity index is 1.11. The van der Waals surface area contributed by atoms with E-state index in [1.54, 1.807) is 6.07 Å². The van der Waals surface area contributed by atoms with Gasteiger partial charge in [-0.25, -0.2) is 9.83 Å². The molecule has 6 heteroatoms. The second-order valence-corrected chi connectivity index (χ2v) is 18.3. The van der Waals surface area contributed by atoms with Gasteiger partial charge in [-0.2, -0.15) is 0 Å². The summed E-state index contributed by atoms with van der Waals surface area (Å²) >= 11 is 0. The zero-order valence-electron chi connectivity index (χ0n) is 38.4. The van der Waals surface area contributed by atoms with E-state index in [9.17, 15) is 2.74 Å². The molecule has 63 heavy (non-hydrogen) atoms. The monoisotopic (exact) mass is 821 g/mol. The predicted octanol–water partition coefficient (Wildman–Crippen LogP) is 15.7. The molecule has 0 aliphatic carbocycles. The molecule has 10 rings (SSSR count). The number of hydrogen-bond acceptors (Lipinski definition) is 4. The van der Waals surface area contributed by atoms with Gasteiger partial charge in [-0.05, 0) is 99.8 Å². The molecule has 7 aromatic carbocycles. The van der Waals surface area contributed by atoms with Crippen LogP contribution >= 0.6 is 0 Å². The summed E-state index contributed by atoms with van der Waals surface area (Å²) in [7, 11) is 0. The van der Waals surface area contributed by atoms with Crippen molar-refractivity contribution in [2.45, 2.75) is 52.4 Å². The van der Waals surface area contributed by atoms with Crippen molar-refractivity contribution < 1.29 is 7.48 Å². The Bertz CT molecular complexity index is 3270. The number of anilines is 4. The van der Waals surface area contributed by atoms with Gasteiger partial charge in [-0.1, -0.05) is 133 Å². The summed E-state index contributed by atoms with van der Waals surface area (Å²) in [5, 5.41) is 2.22. The van der Waals surface area contributed by atoms with Crippen molar-refractivity contribution in [1.29, 1.82) is 0 Å². The lowest BCUT2D eigenvalue weighted by Gasteiger charge is -2.30. The van der Waals surface area contributed by atoms with E-state index >= 15 is 0 Å². The average molecular weight is 822 g/mol. The minimum absolute atomic E-state index is 0.0520. The molecule has 0 bridgehead atoms. The molecule has 0 spiro atoms. The molecule has 0 N–H and O–H groups in total. The fourth-order valence-corrected chi connectivity index (χ4v) is 8.67. The van der Waals surface area contributed by atoms with Crippen molar-refractivity contribution in [2.24, 2.45) is 0 Å². The zero-order valence-corrected chi connectivity index (χ0v) is 36.4. The molecule has 308 valence electrons. The van der Waals surface area contributed by atoms with E-state index in [2.05, 4.69) is 146 Å². The molecule has 0 unspecified atom stereocenters. The lowest BCUT2D eigenvalue weighted by molar-refractivity contribution is 0.483. The van der Waals surface area contributed by atoms with E-state index in [0.29, 0.717) is 41.5 Å². The van der Waals surface area contributed by atoms with E-state index in [4.69, 9.17) is 16.3 Å². The van der Waals surface area contributed by atoms with E-state index in [1.807, 2.05) is 72.9 Å². The number of ether oxygens (including phenoxy) is 1. The quantitative estimate of drug-likeness (QED) is 0.150. The molecule has 9 aromatic rings. The first kappa shape index (κ1) is 37.2. The fourth-order valence-electron chi connectivity index (χ4n) is 8.67. The molecule has 0 radical (unpaired) electrons. The third-order valence-corrected chi connectivity index (χ3v) is 11.9. The number of nitrogens with zero attached hydrogens (tertiary/aromatic N) is 5. The first-order valence-corrected chi connectivity index (χ1v) is 21.4. The molecule has 1 aliphatic heterocycles. The van der Waals surface area contributed by atoms with Crippen molar-refractivity contribution in [3.8, 4) is 39.6 Å². The highest BCUT2D eigenvalue weighted by Crippen LogP contribution is 2.52. The number of pyridine rings is 1. The Labute approximate surface area is 372 Å². The Morgan fingerprint density at radius 3 is 1.84 bits per heavy atom. The van der Waals surface area contributed by atoms with Crippen molar-refractivity contribution in [2.75, 3.05) is 16.5 Å². The van der Waals surface area contributed by atoms with Crippen LogP contribution in [0.5, 0.6) is 11.5 Å². The molecule has 0 saturated heterocycles. The third-order valence-electron chi connectivity index (χ3n) is 11.9. The van der Waals surface area contributed by atoms with Gasteiger partial charge in [0.2, 0.25) is 0 Å². The molecule has 2 aromatic heterocycles. The van der Waals surface area contributed by atoms with E-state index in [1.165, 1.54) is 5.56 Å². The van der Waals surface area contributed by atoms with Gasteiger partial charge in [-0.3, -0.25) is 4.57 Å². The third kappa shape index (κ3) is 7.26. The highest BCUT2D eigenvalue weighted by Gasteiger charge is 2.33. The summed E-state index contributed by atoms with van der Waals surface area (Å²) < 4.78 is 28.7. The summed E-state index contributed by atoms with van der Waals surface area (Å²) in [4.78, 5) is 13.2. The maximum absolute atomic E-state index is 9.89. The van der Waals surface area contributed by atoms with E-state index < -0.39 is 5.41 Å². The average Bonchev–Trinajstić information content (AvgIpc) is 3.84. The van der Waals surface area contributed by atoms with Gasteiger partial charge >= 0.3 is 0 Å². The SMILES string of the molecule is [2H]c1c(-c2ccccc2)c(N2CN(c3cc([N+]#[C-])cc(Oc4ccc5c6ccccc6n(-c6cc(C(C)(C)C)ccn6)c5c4)c3)c3ccccc32)c(-c2ccccc2)c([2H])c1C(C)(C)C. The Morgan fingerprint density at radius 1 is 0.587 bits per heavy atom. The smallest absolute Gasteiger partial charge is 0.192 e. The minimum Gasteiger partial charge on any atom is -0.459 e. The normalized spacial score (nSPS) is 13.2. The second-order valence-electron chi connectivity index (χ2n) is 18.3. The topological polar surface area (TPSA) is 37.9 Å². The standard InChI is InChI=1S/C57H49N5O/c1-56(2,3)40-28-29-59-54(32-40)62-50-23-15-14-22-46(50)47-27-26-44(36-53(47)62)63-45-34-42(58-7)33-43(35-45)60-37-61(52-25-17-16-24-51(52)60)55-48(38-18-10-8-11-19-38)30-41(57(4,5)6)31-49(55)39-20-12-9-13-21-39/h8-36H,37H2,1-6H3/i30D,31D. The lowest BCUT2D eigenvalue weighted by Crippen LogP contribution is -2.25. The van der Waals surface area contributed by atoms with Crippen LogP contribution in [0.1, 0.15) is 55.4 Å². The van der Waals surface area contributed by atoms with Crippen molar-refractivity contribution in [3.63, 3.8) is 0 Å². The largest absolute Gasteiger partial charge is 0.459 e. The van der Waals surface area contributed by atoms with E-state index in [-0.39, 0.29) is 5.41 Å². The van der Waals surface area contributed by atoms with Gasteiger partial charge in [0.15, 0.2) is 5.69 Å². The van der Waals surface area contributed by atoms with Crippen LogP contribution in [0.3, 0.4) is 0 Å². The Kier molecular flexibility index (Phi) is 9.07. The lowest BCUT2D eigenvalue weighted by atomic mass is 9.82. The number of para-hydroxylation sites is 3. The first-order valence-electron chi connectivity index (χ1n) is 22.4. The van der Waals surface area contributed by atoms with Crippen molar-refractivity contribution >= 4 is 50.2 Å². The summed E-state index contributed by atoms with van der Waals surface area (Å²) in [6.45, 7) is 21.5. The van der Waals surface area contributed by atoms with Crippen molar-refractivity contribution in [3.05, 3.63) is 199 Å². The second kappa shape index (κ2) is 15.4. The van der Waals surface area contributed by atoms with Crippen LogP contribution in [0.25, 0.3) is 54.7 Å². The number of rotatable bonds is 7. The van der Waals surface area contributed by atoms with Crippen LogP contribution in [0.2, 0.25) is 0 Å². The zero-order chi connectivity index (χ0) is 45.2. The number of benzene rings is 7. The van der Waals surface area contributed by atoms with Crippen LogP contribution < -0.4 is 14.5 Å². The highest BCUT2D eigenvalue weighted by molar-refractivity contribution is 6.09. The molecule has 6 nitrogen and oxygen atoms in total. The maximum atomic E-state index is 9.89.